The fourth-order valence-corrected chi connectivity index (χ4v) is 4.63. The van der Waals surface area contributed by atoms with E-state index in [1.807, 2.05) is 39.0 Å². The van der Waals surface area contributed by atoms with Gasteiger partial charge in [0.05, 0.1) is 0 Å². The second-order valence-corrected chi connectivity index (χ2v) is 8.22. The first-order valence-corrected chi connectivity index (χ1v) is 9.59. The predicted octanol–water partition coefficient (Wildman–Crippen LogP) is 4.49. The number of hydrogen-bond acceptors (Lipinski definition) is 2. The normalized spacial score (nSPS) is 25.5. The van der Waals surface area contributed by atoms with Crippen molar-refractivity contribution in [2.75, 3.05) is 0 Å². The summed E-state index contributed by atoms with van der Waals surface area (Å²) in [7, 11) is 0. The Morgan fingerprint density at radius 2 is 1.88 bits per heavy atom. The Hall–Kier alpha value is -1.36. The quantitative estimate of drug-likeness (QED) is 0.770. The van der Waals surface area contributed by atoms with Gasteiger partial charge in [-0.15, -0.1) is 0 Å². The van der Waals surface area contributed by atoms with Crippen molar-refractivity contribution in [3.8, 4) is 0 Å². The fourth-order valence-electron chi connectivity index (χ4n) is 4.27. The zero-order valence-corrected chi connectivity index (χ0v) is 16.1. The number of amides is 3. The molecular formula is C19H25BrN2O2. The standard InChI is InChI=1S/C19H25BrN2O2/c1-12(2)22-17(23)19(21-18(22)24,14-7-5-4-6-8-14)16-11-15(20)10-9-13(16)3/h9-12,14H,4-8H2,1-3H3,(H,21,24). The highest BCUT2D eigenvalue weighted by atomic mass is 79.9. The Morgan fingerprint density at radius 1 is 1.21 bits per heavy atom. The van der Waals surface area contributed by atoms with E-state index in [1.54, 1.807) is 0 Å². The number of urea groups is 1. The molecule has 2 fully saturated rings. The smallest absolute Gasteiger partial charge is 0.319 e. The van der Waals surface area contributed by atoms with Crippen LogP contribution in [-0.4, -0.2) is 22.9 Å². The van der Waals surface area contributed by atoms with Gasteiger partial charge in [-0.2, -0.15) is 0 Å². The van der Waals surface area contributed by atoms with Crippen LogP contribution in [0.4, 0.5) is 4.79 Å². The molecule has 3 rings (SSSR count). The molecular weight excluding hydrogens is 368 g/mol. The van der Waals surface area contributed by atoms with Crippen LogP contribution in [-0.2, 0) is 10.3 Å². The molecule has 1 atom stereocenters. The number of aryl methyl sites for hydroxylation is 1. The molecule has 2 aliphatic rings. The van der Waals surface area contributed by atoms with Crippen LogP contribution in [0, 0.1) is 12.8 Å². The molecule has 130 valence electrons. The second kappa shape index (κ2) is 6.51. The maximum Gasteiger partial charge on any atom is 0.325 e. The summed E-state index contributed by atoms with van der Waals surface area (Å²) in [6, 6.07) is 5.60. The SMILES string of the molecule is Cc1ccc(Br)cc1C1(C2CCCCC2)NC(=O)N(C(C)C)C1=O. The molecule has 0 bridgehead atoms. The highest BCUT2D eigenvalue weighted by molar-refractivity contribution is 9.10. The number of imide groups is 1. The topological polar surface area (TPSA) is 49.4 Å². The minimum atomic E-state index is -0.921. The van der Waals surface area contributed by atoms with Gasteiger partial charge in [-0.3, -0.25) is 9.69 Å². The number of benzene rings is 1. The van der Waals surface area contributed by atoms with E-state index in [0.717, 1.165) is 41.3 Å². The Morgan fingerprint density at radius 3 is 2.46 bits per heavy atom. The maximum absolute atomic E-state index is 13.5. The van der Waals surface area contributed by atoms with Crippen LogP contribution in [0.25, 0.3) is 0 Å². The first-order valence-electron chi connectivity index (χ1n) is 8.80. The predicted molar refractivity (Wildman–Crippen MR) is 97.6 cm³/mol. The van der Waals surface area contributed by atoms with Crippen LogP contribution < -0.4 is 5.32 Å². The molecule has 3 amide bonds. The molecule has 1 aliphatic carbocycles. The summed E-state index contributed by atoms with van der Waals surface area (Å²) >= 11 is 3.53. The average molecular weight is 393 g/mol. The Bertz CT molecular complexity index is 667. The highest BCUT2D eigenvalue weighted by Crippen LogP contribution is 2.45. The molecule has 1 aliphatic heterocycles. The minimum absolute atomic E-state index is 0.0874. The van der Waals surface area contributed by atoms with Gasteiger partial charge in [0, 0.05) is 10.5 Å². The van der Waals surface area contributed by atoms with E-state index >= 15 is 0 Å². The minimum Gasteiger partial charge on any atom is -0.319 e. The summed E-state index contributed by atoms with van der Waals surface area (Å²) in [6.07, 6.45) is 5.39. The first-order chi connectivity index (χ1) is 11.4. The van der Waals surface area contributed by atoms with Crippen molar-refractivity contribution in [2.45, 2.75) is 64.5 Å². The molecule has 1 heterocycles. The van der Waals surface area contributed by atoms with E-state index in [2.05, 4.69) is 21.2 Å². The van der Waals surface area contributed by atoms with Crippen LogP contribution in [0.15, 0.2) is 22.7 Å². The van der Waals surface area contributed by atoms with E-state index < -0.39 is 5.54 Å². The third-order valence-corrected chi connectivity index (χ3v) is 5.93. The van der Waals surface area contributed by atoms with Crippen LogP contribution in [0.3, 0.4) is 0 Å². The molecule has 1 N–H and O–H groups in total. The first kappa shape index (κ1) is 17.5. The molecule has 4 nitrogen and oxygen atoms in total. The van der Waals surface area contributed by atoms with Gasteiger partial charge in [0.1, 0.15) is 5.54 Å². The van der Waals surface area contributed by atoms with Crippen molar-refractivity contribution < 1.29 is 9.59 Å². The van der Waals surface area contributed by atoms with Crippen molar-refractivity contribution in [1.82, 2.24) is 10.2 Å². The number of nitrogens with one attached hydrogen (secondary N) is 1. The summed E-state index contributed by atoms with van der Waals surface area (Å²) in [6.45, 7) is 5.80. The lowest BCUT2D eigenvalue weighted by Crippen LogP contribution is -2.51. The Balaban J connectivity index is 2.17. The van der Waals surface area contributed by atoms with Crippen LogP contribution >= 0.6 is 15.9 Å². The highest BCUT2D eigenvalue weighted by Gasteiger charge is 2.57. The zero-order valence-electron chi connectivity index (χ0n) is 14.6. The third kappa shape index (κ3) is 2.67. The van der Waals surface area contributed by atoms with E-state index in [4.69, 9.17) is 0 Å². The van der Waals surface area contributed by atoms with Gasteiger partial charge in [0.2, 0.25) is 0 Å². The fraction of sp³-hybridized carbons (Fsp3) is 0.579. The monoisotopic (exact) mass is 392 g/mol. The van der Waals surface area contributed by atoms with Gasteiger partial charge in [-0.25, -0.2) is 4.79 Å². The number of halogens is 1. The van der Waals surface area contributed by atoms with Crippen molar-refractivity contribution in [3.05, 3.63) is 33.8 Å². The lowest BCUT2D eigenvalue weighted by atomic mass is 9.70. The Kier molecular flexibility index (Phi) is 4.73. The number of hydrogen-bond donors (Lipinski definition) is 1. The van der Waals surface area contributed by atoms with Gasteiger partial charge in [-0.05, 0) is 62.8 Å². The van der Waals surface area contributed by atoms with E-state index in [0.29, 0.717) is 0 Å². The van der Waals surface area contributed by atoms with Crippen LogP contribution in [0.5, 0.6) is 0 Å². The molecule has 0 radical (unpaired) electrons. The summed E-state index contributed by atoms with van der Waals surface area (Å²) in [5, 5.41) is 3.12. The van der Waals surface area contributed by atoms with Crippen LogP contribution in [0.2, 0.25) is 0 Å². The molecule has 0 spiro atoms. The molecule has 24 heavy (non-hydrogen) atoms. The van der Waals surface area contributed by atoms with E-state index in [1.165, 1.54) is 11.3 Å². The maximum atomic E-state index is 13.5. The second-order valence-electron chi connectivity index (χ2n) is 7.30. The van der Waals surface area contributed by atoms with Crippen molar-refractivity contribution in [2.24, 2.45) is 5.92 Å². The number of carbonyl (C=O) groups excluding carboxylic acids is 2. The molecule has 0 aromatic heterocycles. The van der Waals surface area contributed by atoms with Crippen LogP contribution in [0.1, 0.15) is 57.1 Å². The number of rotatable bonds is 3. The van der Waals surface area contributed by atoms with Gasteiger partial charge >= 0.3 is 6.03 Å². The molecule has 1 aromatic rings. The summed E-state index contributed by atoms with van der Waals surface area (Å²) < 4.78 is 0.934. The van der Waals surface area contributed by atoms with Crippen molar-refractivity contribution in [1.29, 1.82) is 0 Å². The summed E-state index contributed by atoms with van der Waals surface area (Å²) in [4.78, 5) is 27.5. The zero-order chi connectivity index (χ0) is 17.5. The molecule has 1 saturated carbocycles. The lowest BCUT2D eigenvalue weighted by molar-refractivity contribution is -0.135. The molecule has 1 unspecified atom stereocenters. The van der Waals surface area contributed by atoms with Gasteiger partial charge in [-0.1, -0.05) is 41.3 Å². The van der Waals surface area contributed by atoms with Crippen molar-refractivity contribution in [3.63, 3.8) is 0 Å². The molecule has 5 heteroatoms. The Labute approximate surface area is 152 Å². The van der Waals surface area contributed by atoms with E-state index in [-0.39, 0.29) is 23.9 Å². The van der Waals surface area contributed by atoms with E-state index in [9.17, 15) is 9.59 Å². The van der Waals surface area contributed by atoms with Gasteiger partial charge < -0.3 is 5.32 Å². The third-order valence-electron chi connectivity index (χ3n) is 5.44. The largest absolute Gasteiger partial charge is 0.325 e. The van der Waals surface area contributed by atoms with Gasteiger partial charge in [0.25, 0.3) is 5.91 Å². The lowest BCUT2D eigenvalue weighted by Gasteiger charge is -2.39. The number of nitrogens with zero attached hydrogens (tertiary/aromatic N) is 1. The number of carbonyl (C=O) groups is 2. The average Bonchev–Trinajstić information content (AvgIpc) is 2.82. The summed E-state index contributed by atoms with van der Waals surface area (Å²) in [5.41, 5.74) is 1.06. The van der Waals surface area contributed by atoms with Gasteiger partial charge in [0.15, 0.2) is 0 Å². The molecule has 1 saturated heterocycles. The van der Waals surface area contributed by atoms with Crippen molar-refractivity contribution >= 4 is 27.9 Å². The summed E-state index contributed by atoms with van der Waals surface area (Å²) in [5.74, 6) is 0.0649. The molecule has 1 aromatic carbocycles.